The lowest BCUT2D eigenvalue weighted by Gasteiger charge is -2.44. The Labute approximate surface area is 116 Å². The molecule has 0 radical (unpaired) electrons. The largest absolute Gasteiger partial charge is 0.378 e. The molecule has 2 aliphatic rings. The number of carbonyl (C=O) groups excluding carboxylic acids is 1. The van der Waals surface area contributed by atoms with Crippen molar-refractivity contribution >= 4 is 22.6 Å². The highest BCUT2D eigenvalue weighted by Gasteiger charge is 2.49. The van der Waals surface area contributed by atoms with Gasteiger partial charge < -0.3 is 9.64 Å². The van der Waals surface area contributed by atoms with Crippen LogP contribution in [0, 0.1) is 5.41 Å². The van der Waals surface area contributed by atoms with Crippen molar-refractivity contribution in [3.63, 3.8) is 0 Å². The summed E-state index contributed by atoms with van der Waals surface area (Å²) in [6.07, 6.45) is 5.24. The quantitative estimate of drug-likeness (QED) is 0.920. The Morgan fingerprint density at radius 1 is 1.68 bits per heavy atom. The van der Waals surface area contributed by atoms with Crippen LogP contribution in [0.4, 0.5) is 9.80 Å². The normalized spacial score (nSPS) is 29.5. The minimum Gasteiger partial charge on any atom is -0.378 e. The van der Waals surface area contributed by atoms with Crippen LogP contribution in [-0.4, -0.2) is 46.3 Å². The zero-order valence-corrected chi connectivity index (χ0v) is 11.8. The van der Waals surface area contributed by atoms with Crippen LogP contribution < -0.4 is 5.32 Å². The van der Waals surface area contributed by atoms with E-state index in [1.807, 2.05) is 11.8 Å². The Hall–Kier alpha value is -1.21. The summed E-state index contributed by atoms with van der Waals surface area (Å²) in [5.41, 5.74) is 0.309. The maximum atomic E-state index is 12.1. The Morgan fingerprint density at radius 2 is 2.53 bits per heavy atom. The Kier molecular flexibility index (Phi) is 3.40. The second-order valence-electron chi connectivity index (χ2n) is 5.37. The van der Waals surface area contributed by atoms with Crippen LogP contribution in [0.2, 0.25) is 0 Å². The molecule has 0 atom stereocenters. The Bertz CT molecular complexity index is 445. The number of aromatic nitrogens is 2. The summed E-state index contributed by atoms with van der Waals surface area (Å²) in [6.45, 7) is 4.48. The first kappa shape index (κ1) is 12.8. The van der Waals surface area contributed by atoms with Gasteiger partial charge in [0.05, 0.1) is 12.3 Å². The predicted molar refractivity (Wildman–Crippen MR) is 72.2 cm³/mol. The van der Waals surface area contributed by atoms with E-state index in [-0.39, 0.29) is 6.03 Å². The monoisotopic (exact) mass is 282 g/mol. The van der Waals surface area contributed by atoms with Crippen LogP contribution >= 0.6 is 11.5 Å². The first-order valence-electron chi connectivity index (χ1n) is 6.66. The first-order chi connectivity index (χ1) is 9.21. The van der Waals surface area contributed by atoms with E-state index < -0.39 is 0 Å². The zero-order chi connectivity index (χ0) is 13.3. The van der Waals surface area contributed by atoms with Gasteiger partial charge in [-0.15, -0.1) is 5.10 Å². The molecule has 19 heavy (non-hydrogen) atoms. The molecule has 0 unspecified atom stereocenters. The van der Waals surface area contributed by atoms with E-state index in [1.54, 1.807) is 6.20 Å². The standard InChI is InChI=1S/C12H18N4O2S/c1-2-18-9-5-12(6-9)3-4-16(8-12)11(17)14-10-7-13-15-19-10/h7,9H,2-6,8H2,1H3,(H,14,17). The molecule has 1 saturated heterocycles. The number of urea groups is 1. The van der Waals surface area contributed by atoms with Gasteiger partial charge in [0.1, 0.15) is 5.00 Å². The number of hydrogen-bond donors (Lipinski definition) is 1. The highest BCUT2D eigenvalue weighted by molar-refractivity contribution is 7.10. The first-order valence-corrected chi connectivity index (χ1v) is 7.43. The minimum absolute atomic E-state index is 0.0391. The van der Waals surface area contributed by atoms with Gasteiger partial charge in [0.2, 0.25) is 0 Å². The Morgan fingerprint density at radius 3 is 3.21 bits per heavy atom. The molecule has 1 aliphatic carbocycles. The van der Waals surface area contributed by atoms with Crippen molar-refractivity contribution in [3.05, 3.63) is 6.20 Å². The number of nitrogens with zero attached hydrogens (tertiary/aromatic N) is 3. The lowest BCUT2D eigenvalue weighted by atomic mass is 9.66. The highest BCUT2D eigenvalue weighted by atomic mass is 32.1. The Balaban J connectivity index is 1.51. The molecule has 1 N–H and O–H groups in total. The maximum absolute atomic E-state index is 12.1. The molecule has 1 spiro atoms. The fourth-order valence-electron chi connectivity index (χ4n) is 3.11. The van der Waals surface area contributed by atoms with Gasteiger partial charge in [-0.25, -0.2) is 4.79 Å². The second kappa shape index (κ2) is 5.05. The van der Waals surface area contributed by atoms with Crippen LogP contribution in [0.15, 0.2) is 6.20 Å². The molecule has 3 rings (SSSR count). The molecule has 1 aliphatic heterocycles. The van der Waals surface area contributed by atoms with E-state index in [2.05, 4.69) is 14.9 Å². The molecule has 1 aromatic heterocycles. The molecule has 2 fully saturated rings. The summed E-state index contributed by atoms with van der Waals surface area (Å²) in [4.78, 5) is 14.0. The van der Waals surface area contributed by atoms with Crippen molar-refractivity contribution in [1.29, 1.82) is 0 Å². The van der Waals surface area contributed by atoms with Gasteiger partial charge in [0.15, 0.2) is 0 Å². The lowest BCUT2D eigenvalue weighted by molar-refractivity contribution is -0.0703. The molecule has 2 amide bonds. The molecule has 7 heteroatoms. The number of carbonyl (C=O) groups is 1. The second-order valence-corrected chi connectivity index (χ2v) is 6.15. The van der Waals surface area contributed by atoms with Crippen molar-refractivity contribution < 1.29 is 9.53 Å². The topological polar surface area (TPSA) is 67.3 Å². The van der Waals surface area contributed by atoms with Crippen LogP contribution in [0.5, 0.6) is 0 Å². The summed E-state index contributed by atoms with van der Waals surface area (Å²) < 4.78 is 9.34. The minimum atomic E-state index is -0.0391. The van der Waals surface area contributed by atoms with Crippen LogP contribution in [0.25, 0.3) is 0 Å². The van der Waals surface area contributed by atoms with Gasteiger partial charge >= 0.3 is 6.03 Å². The van der Waals surface area contributed by atoms with Gasteiger partial charge in [-0.2, -0.15) is 0 Å². The third-order valence-electron chi connectivity index (χ3n) is 4.04. The van der Waals surface area contributed by atoms with E-state index in [1.165, 1.54) is 11.5 Å². The molecule has 6 nitrogen and oxygen atoms in total. The number of likely N-dealkylation sites (tertiary alicyclic amines) is 1. The van der Waals surface area contributed by atoms with Crippen molar-refractivity contribution in [1.82, 2.24) is 14.5 Å². The summed E-state index contributed by atoms with van der Waals surface area (Å²) in [5.74, 6) is 0. The van der Waals surface area contributed by atoms with Crippen LogP contribution in [-0.2, 0) is 4.74 Å². The average Bonchev–Trinajstić information content (AvgIpc) is 2.97. The van der Waals surface area contributed by atoms with E-state index in [4.69, 9.17) is 4.74 Å². The number of anilines is 1. The van der Waals surface area contributed by atoms with Crippen LogP contribution in [0.1, 0.15) is 26.2 Å². The number of rotatable bonds is 3. The summed E-state index contributed by atoms with van der Waals surface area (Å²) in [6, 6.07) is -0.0391. The van der Waals surface area contributed by atoms with E-state index in [9.17, 15) is 4.79 Å². The molecule has 2 heterocycles. The summed E-state index contributed by atoms with van der Waals surface area (Å²) >= 11 is 1.20. The number of nitrogens with one attached hydrogen (secondary N) is 1. The van der Waals surface area contributed by atoms with E-state index >= 15 is 0 Å². The number of hydrogen-bond acceptors (Lipinski definition) is 5. The number of amides is 2. The molecule has 1 saturated carbocycles. The van der Waals surface area contributed by atoms with Crippen LogP contribution in [0.3, 0.4) is 0 Å². The van der Waals surface area contributed by atoms with Gasteiger partial charge in [0.25, 0.3) is 0 Å². The predicted octanol–water partition coefficient (Wildman–Crippen LogP) is 1.96. The molecule has 1 aromatic rings. The van der Waals surface area contributed by atoms with Gasteiger partial charge in [-0.05, 0) is 31.6 Å². The highest BCUT2D eigenvalue weighted by Crippen LogP contribution is 2.49. The fourth-order valence-corrected chi connectivity index (χ4v) is 3.52. The molecular formula is C12H18N4O2S. The van der Waals surface area contributed by atoms with Crippen molar-refractivity contribution in [2.24, 2.45) is 5.41 Å². The molecule has 104 valence electrons. The zero-order valence-electron chi connectivity index (χ0n) is 11.0. The fraction of sp³-hybridized carbons (Fsp3) is 0.750. The van der Waals surface area contributed by atoms with E-state index in [0.29, 0.717) is 16.5 Å². The van der Waals surface area contributed by atoms with Gasteiger partial charge in [0, 0.05) is 31.2 Å². The maximum Gasteiger partial charge on any atom is 0.322 e. The third-order valence-corrected chi connectivity index (χ3v) is 4.62. The number of ether oxygens (including phenoxy) is 1. The molecule has 0 bridgehead atoms. The van der Waals surface area contributed by atoms with Gasteiger partial charge in [-0.3, -0.25) is 5.32 Å². The third kappa shape index (κ3) is 2.57. The average molecular weight is 282 g/mol. The summed E-state index contributed by atoms with van der Waals surface area (Å²) in [7, 11) is 0. The smallest absolute Gasteiger partial charge is 0.322 e. The van der Waals surface area contributed by atoms with Crippen molar-refractivity contribution in [2.45, 2.75) is 32.3 Å². The molecule has 0 aromatic carbocycles. The van der Waals surface area contributed by atoms with Gasteiger partial charge in [-0.1, -0.05) is 4.49 Å². The lowest BCUT2D eigenvalue weighted by Crippen LogP contribution is -2.45. The summed E-state index contributed by atoms with van der Waals surface area (Å²) in [5, 5.41) is 7.24. The molecular weight excluding hydrogens is 264 g/mol. The van der Waals surface area contributed by atoms with E-state index in [0.717, 1.165) is 39.0 Å². The van der Waals surface area contributed by atoms with Crippen molar-refractivity contribution in [2.75, 3.05) is 25.0 Å². The SMILES string of the molecule is CCOC1CC2(CCN(C(=O)Nc3cnns3)C2)C1. The van der Waals surface area contributed by atoms with Crippen molar-refractivity contribution in [3.8, 4) is 0 Å².